The molecule has 0 atom stereocenters. The lowest BCUT2D eigenvalue weighted by Gasteiger charge is -2.30. The van der Waals surface area contributed by atoms with Gasteiger partial charge in [-0.1, -0.05) is 0 Å². The topological polar surface area (TPSA) is 144 Å². The minimum absolute atomic E-state index is 0.0269. The number of methoxy groups -OCH3 is 1. The molecule has 2 heterocycles. The van der Waals surface area contributed by atoms with Gasteiger partial charge < -0.3 is 10.5 Å². The van der Waals surface area contributed by atoms with Crippen LogP contribution in [0.25, 0.3) is 0 Å². The molecule has 0 spiro atoms. The fraction of sp³-hybridized carbons (Fsp3) is 0.556. The summed E-state index contributed by atoms with van der Waals surface area (Å²) in [6.45, 7) is 3.24. The number of carbonyl (C=O) groups is 2. The van der Waals surface area contributed by atoms with Crippen molar-refractivity contribution in [2.45, 2.75) is 31.6 Å². The third-order valence-electron chi connectivity index (χ3n) is 5.44. The van der Waals surface area contributed by atoms with E-state index in [1.54, 1.807) is 0 Å². The highest BCUT2D eigenvalue weighted by Gasteiger charge is 2.50. The average molecular weight is 460 g/mol. The summed E-state index contributed by atoms with van der Waals surface area (Å²) in [4.78, 5) is 23.8. The van der Waals surface area contributed by atoms with Gasteiger partial charge >= 0.3 is 0 Å². The highest BCUT2D eigenvalue weighted by Crippen LogP contribution is 2.39. The normalized spacial score (nSPS) is 22.2. The van der Waals surface area contributed by atoms with E-state index in [0.29, 0.717) is 17.1 Å². The van der Waals surface area contributed by atoms with Gasteiger partial charge in [-0.3, -0.25) is 9.59 Å². The van der Waals surface area contributed by atoms with Crippen LogP contribution in [-0.2, 0) is 29.6 Å². The second-order valence-electron chi connectivity index (χ2n) is 8.13. The van der Waals surface area contributed by atoms with Crippen LogP contribution in [0.5, 0.6) is 5.75 Å². The van der Waals surface area contributed by atoms with Crippen LogP contribution in [0.4, 0.5) is 5.69 Å². The summed E-state index contributed by atoms with van der Waals surface area (Å²) in [5, 5.41) is 0. The van der Waals surface area contributed by atoms with Gasteiger partial charge in [-0.15, -0.1) is 0 Å². The van der Waals surface area contributed by atoms with Crippen LogP contribution in [0.15, 0.2) is 23.1 Å². The summed E-state index contributed by atoms with van der Waals surface area (Å²) in [5.41, 5.74) is 4.13. The molecule has 1 aromatic rings. The molecule has 2 N–H and O–H groups in total. The smallest absolute Gasteiger partial charge is 0.247 e. The number of hydrogen-bond donors (Lipinski definition) is 1. The zero-order valence-corrected chi connectivity index (χ0v) is 18.6. The predicted molar refractivity (Wildman–Crippen MR) is 109 cm³/mol. The largest absolute Gasteiger partial charge is 0.495 e. The van der Waals surface area contributed by atoms with E-state index in [2.05, 4.69) is 0 Å². The number of sulfonamides is 2. The Morgan fingerprint density at radius 1 is 1.23 bits per heavy atom. The Hall–Kier alpha value is -2.18. The van der Waals surface area contributed by atoms with Crippen molar-refractivity contribution < 1.29 is 31.2 Å². The average Bonchev–Trinajstić information content (AvgIpc) is 2.83. The van der Waals surface area contributed by atoms with Crippen LogP contribution in [0, 0.1) is 11.3 Å². The third kappa shape index (κ3) is 3.79. The van der Waals surface area contributed by atoms with E-state index in [-0.39, 0.29) is 41.1 Å². The summed E-state index contributed by atoms with van der Waals surface area (Å²) in [6.07, 6.45) is 0.591. The van der Waals surface area contributed by atoms with Gasteiger partial charge in [0.25, 0.3) is 0 Å². The highest BCUT2D eigenvalue weighted by atomic mass is 32.2. The van der Waals surface area contributed by atoms with Gasteiger partial charge in [0, 0.05) is 19.0 Å². The molecule has 2 aliphatic rings. The molecular weight excluding hydrogens is 434 g/mol. The first kappa shape index (κ1) is 22.5. The Balaban J connectivity index is 2.02. The molecule has 0 aromatic heterocycles. The van der Waals surface area contributed by atoms with Crippen molar-refractivity contribution in [3.8, 4) is 5.75 Å². The summed E-state index contributed by atoms with van der Waals surface area (Å²) in [5.74, 6) is -1.82. The molecule has 2 amide bonds. The highest BCUT2D eigenvalue weighted by molar-refractivity contribution is 7.94. The lowest BCUT2D eigenvalue weighted by atomic mass is 9.95. The number of nitrogens with zero attached hydrogens (tertiary/aromatic N) is 2. The minimum Gasteiger partial charge on any atom is -0.495 e. The van der Waals surface area contributed by atoms with Crippen molar-refractivity contribution in [2.75, 3.05) is 30.3 Å². The number of piperidine rings is 1. The second kappa shape index (κ2) is 7.50. The maximum atomic E-state index is 13.3. The van der Waals surface area contributed by atoms with Gasteiger partial charge in [0.15, 0.2) is 0 Å². The number of primary amides is 1. The summed E-state index contributed by atoms with van der Waals surface area (Å²) in [7, 11) is -6.70. The summed E-state index contributed by atoms with van der Waals surface area (Å²) in [6, 6.07) is 3.81. The van der Waals surface area contributed by atoms with Crippen LogP contribution >= 0.6 is 0 Å². The standard InChI is InChI=1S/C18H25N3O7S2/c1-18(2)11-29(24,25)21(17(18)23)13-4-5-14(28-3)15(10-13)30(26,27)20-8-6-12(7-9-20)16(19)22/h4-5,10,12H,6-9,11H2,1-3H3,(H2,19,22). The van der Waals surface area contributed by atoms with E-state index < -0.39 is 37.3 Å². The Morgan fingerprint density at radius 2 is 1.83 bits per heavy atom. The van der Waals surface area contributed by atoms with Crippen molar-refractivity contribution in [3.05, 3.63) is 18.2 Å². The molecular formula is C18H25N3O7S2. The molecule has 0 radical (unpaired) electrons. The van der Waals surface area contributed by atoms with Crippen molar-refractivity contribution in [2.24, 2.45) is 17.1 Å². The van der Waals surface area contributed by atoms with Crippen molar-refractivity contribution in [1.82, 2.24) is 4.31 Å². The number of hydrogen-bond acceptors (Lipinski definition) is 7. The summed E-state index contributed by atoms with van der Waals surface area (Å²) < 4.78 is 58.7. The summed E-state index contributed by atoms with van der Waals surface area (Å²) >= 11 is 0. The van der Waals surface area contributed by atoms with E-state index in [0.717, 1.165) is 6.07 Å². The Labute approximate surface area is 176 Å². The molecule has 30 heavy (non-hydrogen) atoms. The molecule has 10 nitrogen and oxygen atoms in total. The van der Waals surface area contributed by atoms with Crippen LogP contribution < -0.4 is 14.8 Å². The fourth-order valence-corrected chi connectivity index (χ4v) is 7.52. The zero-order valence-electron chi connectivity index (χ0n) is 17.0. The quantitative estimate of drug-likeness (QED) is 0.666. The van der Waals surface area contributed by atoms with E-state index >= 15 is 0 Å². The van der Waals surface area contributed by atoms with Crippen LogP contribution in [0.2, 0.25) is 0 Å². The van der Waals surface area contributed by atoms with Crippen molar-refractivity contribution in [3.63, 3.8) is 0 Å². The zero-order chi connectivity index (χ0) is 22.5. The van der Waals surface area contributed by atoms with E-state index in [1.807, 2.05) is 0 Å². The Bertz CT molecular complexity index is 1090. The van der Waals surface area contributed by atoms with Gasteiger partial charge in [0.2, 0.25) is 31.9 Å². The fourth-order valence-electron chi connectivity index (χ4n) is 3.77. The molecule has 12 heteroatoms. The van der Waals surface area contributed by atoms with Gasteiger partial charge in [-0.2, -0.15) is 4.31 Å². The van der Waals surface area contributed by atoms with Crippen LogP contribution in [-0.4, -0.2) is 58.9 Å². The van der Waals surface area contributed by atoms with Gasteiger partial charge in [-0.25, -0.2) is 21.1 Å². The first-order chi connectivity index (χ1) is 13.8. The number of amides is 2. The number of ether oxygens (including phenoxy) is 1. The second-order valence-corrected chi connectivity index (χ2v) is 11.8. The number of rotatable bonds is 5. The predicted octanol–water partition coefficient (Wildman–Crippen LogP) is 0.284. The monoisotopic (exact) mass is 459 g/mol. The maximum absolute atomic E-state index is 13.3. The van der Waals surface area contributed by atoms with Gasteiger partial charge in [0.05, 0.1) is 24.0 Å². The van der Waals surface area contributed by atoms with Crippen LogP contribution in [0.1, 0.15) is 26.7 Å². The molecule has 0 bridgehead atoms. The van der Waals surface area contributed by atoms with E-state index in [4.69, 9.17) is 10.5 Å². The van der Waals surface area contributed by atoms with Crippen molar-refractivity contribution in [1.29, 1.82) is 0 Å². The number of nitrogens with two attached hydrogens (primary N) is 1. The first-order valence-corrected chi connectivity index (χ1v) is 12.4. The van der Waals surface area contributed by atoms with E-state index in [9.17, 15) is 26.4 Å². The SMILES string of the molecule is COc1ccc(N2C(=O)C(C)(C)CS2(=O)=O)cc1S(=O)(=O)N1CCC(C(N)=O)CC1. The lowest BCUT2D eigenvalue weighted by molar-refractivity contribution is -0.123. The number of benzene rings is 1. The molecule has 166 valence electrons. The minimum atomic E-state index is -4.07. The molecule has 0 aliphatic carbocycles. The van der Waals surface area contributed by atoms with Crippen molar-refractivity contribution >= 4 is 37.5 Å². The van der Waals surface area contributed by atoms with E-state index in [1.165, 1.54) is 37.4 Å². The number of anilines is 1. The molecule has 2 saturated heterocycles. The number of carbonyl (C=O) groups excluding carboxylic acids is 2. The molecule has 1 aromatic carbocycles. The molecule has 2 fully saturated rings. The van der Waals surface area contributed by atoms with Gasteiger partial charge in [0.1, 0.15) is 10.6 Å². The van der Waals surface area contributed by atoms with Crippen LogP contribution in [0.3, 0.4) is 0 Å². The molecule has 0 unspecified atom stereocenters. The molecule has 2 aliphatic heterocycles. The molecule has 3 rings (SSSR count). The third-order valence-corrected chi connectivity index (χ3v) is 9.38. The van der Waals surface area contributed by atoms with Gasteiger partial charge in [-0.05, 0) is 44.9 Å². The Kier molecular flexibility index (Phi) is 5.63. The Morgan fingerprint density at radius 3 is 2.30 bits per heavy atom. The first-order valence-electron chi connectivity index (χ1n) is 9.36. The molecule has 0 saturated carbocycles. The lowest BCUT2D eigenvalue weighted by Crippen LogP contribution is -2.41. The maximum Gasteiger partial charge on any atom is 0.247 e.